The molecule has 14 heteroatoms. The Labute approximate surface area is 232 Å². The van der Waals surface area contributed by atoms with Gasteiger partial charge >= 0.3 is 6.09 Å². The van der Waals surface area contributed by atoms with Crippen molar-refractivity contribution >= 4 is 58.7 Å². The number of hydrogen-bond donors (Lipinski definition) is 2. The third-order valence-electron chi connectivity index (χ3n) is 5.96. The molecule has 0 aliphatic carbocycles. The Hall–Kier alpha value is -3.48. The molecule has 1 atom stereocenters. The number of ether oxygens (including phenoxy) is 1. The normalized spacial score (nSPS) is 14.3. The summed E-state index contributed by atoms with van der Waals surface area (Å²) in [6, 6.07) is 8.60. The Morgan fingerprint density at radius 2 is 1.82 bits per heavy atom. The van der Waals surface area contributed by atoms with Gasteiger partial charge in [0, 0.05) is 56.9 Å². The maximum Gasteiger partial charge on any atom is 0.405 e. The lowest BCUT2D eigenvalue weighted by Gasteiger charge is -2.37. The van der Waals surface area contributed by atoms with Gasteiger partial charge in [-0.2, -0.15) is 4.98 Å². The number of carbonyl (C=O) groups is 2. The van der Waals surface area contributed by atoms with Gasteiger partial charge in [-0.25, -0.2) is 4.79 Å². The van der Waals surface area contributed by atoms with Crippen LogP contribution in [-0.2, 0) is 23.0 Å². The van der Waals surface area contributed by atoms with E-state index in [4.69, 9.17) is 39.4 Å². The first kappa shape index (κ1) is 27.6. The molecule has 1 saturated heterocycles. The van der Waals surface area contributed by atoms with Crippen LogP contribution in [0.3, 0.4) is 0 Å². The van der Waals surface area contributed by atoms with Crippen molar-refractivity contribution in [3.63, 3.8) is 0 Å². The SMILES string of the molecule is Cn1c(N2CCN(C(=O)[C@@H](Cc3ccncc3)OC(N)=O)CC2)nc(N)c(Sc2cccc(Cl)c2Cl)c1=O. The maximum absolute atomic E-state index is 13.2. The summed E-state index contributed by atoms with van der Waals surface area (Å²) >= 11 is 13.5. The van der Waals surface area contributed by atoms with Crippen molar-refractivity contribution in [3.05, 3.63) is 68.7 Å². The number of nitrogens with two attached hydrogens (primary N) is 2. The molecule has 0 saturated carbocycles. The van der Waals surface area contributed by atoms with E-state index in [-0.39, 0.29) is 28.6 Å². The first-order chi connectivity index (χ1) is 18.2. The van der Waals surface area contributed by atoms with Gasteiger partial charge in [-0.15, -0.1) is 0 Å². The zero-order chi connectivity index (χ0) is 27.4. The monoisotopic (exact) mass is 577 g/mol. The number of amides is 2. The predicted molar refractivity (Wildman–Crippen MR) is 146 cm³/mol. The summed E-state index contributed by atoms with van der Waals surface area (Å²) < 4.78 is 6.54. The number of aromatic nitrogens is 3. The number of nitrogen functional groups attached to an aromatic ring is 1. The zero-order valence-electron chi connectivity index (χ0n) is 20.3. The molecule has 1 fully saturated rings. The molecule has 0 spiro atoms. The number of anilines is 2. The molecule has 1 aliphatic rings. The lowest BCUT2D eigenvalue weighted by Crippen LogP contribution is -2.53. The summed E-state index contributed by atoms with van der Waals surface area (Å²) in [7, 11) is 1.61. The van der Waals surface area contributed by atoms with Gasteiger partial charge < -0.3 is 26.0 Å². The Morgan fingerprint density at radius 1 is 1.13 bits per heavy atom. The minimum absolute atomic E-state index is 0.0647. The molecule has 0 unspecified atom stereocenters. The van der Waals surface area contributed by atoms with E-state index in [0.29, 0.717) is 47.1 Å². The van der Waals surface area contributed by atoms with Gasteiger partial charge in [-0.3, -0.25) is 19.1 Å². The van der Waals surface area contributed by atoms with E-state index in [1.807, 2.05) is 4.90 Å². The molecule has 3 aromatic rings. The van der Waals surface area contributed by atoms with Crippen LogP contribution in [-0.4, -0.2) is 63.7 Å². The number of nitrogens with zero attached hydrogens (tertiary/aromatic N) is 5. The van der Waals surface area contributed by atoms with Gasteiger partial charge in [-0.1, -0.05) is 41.0 Å². The van der Waals surface area contributed by atoms with Gasteiger partial charge in [0.2, 0.25) is 5.95 Å². The highest BCUT2D eigenvalue weighted by Gasteiger charge is 2.31. The highest BCUT2D eigenvalue weighted by molar-refractivity contribution is 7.99. The van der Waals surface area contributed by atoms with Crippen molar-refractivity contribution < 1.29 is 14.3 Å². The number of halogens is 2. The van der Waals surface area contributed by atoms with E-state index in [1.165, 1.54) is 4.57 Å². The van der Waals surface area contributed by atoms with Crippen LogP contribution in [0.15, 0.2) is 57.3 Å². The molecule has 1 aliphatic heterocycles. The van der Waals surface area contributed by atoms with Gasteiger partial charge in [0.1, 0.15) is 10.7 Å². The molecule has 0 bridgehead atoms. The van der Waals surface area contributed by atoms with Crippen LogP contribution in [0, 0.1) is 0 Å². The lowest BCUT2D eigenvalue weighted by atomic mass is 10.1. The Kier molecular flexibility index (Phi) is 8.65. The molecule has 1 aromatic carbocycles. The van der Waals surface area contributed by atoms with E-state index in [1.54, 1.807) is 54.7 Å². The minimum Gasteiger partial charge on any atom is -0.436 e. The number of benzene rings is 1. The van der Waals surface area contributed by atoms with Crippen LogP contribution < -0.4 is 21.9 Å². The highest BCUT2D eigenvalue weighted by Crippen LogP contribution is 2.37. The Bertz CT molecular complexity index is 1400. The van der Waals surface area contributed by atoms with Gasteiger partial charge in [0.25, 0.3) is 11.5 Å². The molecule has 200 valence electrons. The van der Waals surface area contributed by atoms with Crippen molar-refractivity contribution in [3.8, 4) is 0 Å². The van der Waals surface area contributed by atoms with Gasteiger partial charge in [0.15, 0.2) is 6.10 Å². The topological polar surface area (TPSA) is 150 Å². The summed E-state index contributed by atoms with van der Waals surface area (Å²) in [6.07, 6.45) is 1.27. The quantitative estimate of drug-likeness (QED) is 0.431. The second-order valence-corrected chi connectivity index (χ2v) is 10.3. The van der Waals surface area contributed by atoms with Crippen molar-refractivity contribution in [2.45, 2.75) is 22.3 Å². The van der Waals surface area contributed by atoms with E-state index < -0.39 is 12.2 Å². The second-order valence-electron chi connectivity index (χ2n) is 8.44. The van der Waals surface area contributed by atoms with E-state index >= 15 is 0 Å². The third kappa shape index (κ3) is 6.14. The molecule has 2 aromatic heterocycles. The molecule has 4 rings (SSSR count). The second kappa shape index (κ2) is 11.9. The lowest BCUT2D eigenvalue weighted by molar-refractivity contribution is -0.140. The van der Waals surface area contributed by atoms with Crippen molar-refractivity contribution in [2.24, 2.45) is 12.8 Å². The van der Waals surface area contributed by atoms with Gasteiger partial charge in [-0.05, 0) is 29.8 Å². The molecular weight excluding hydrogens is 553 g/mol. The standard InChI is InChI=1S/C24H25Cl2N7O4S/c1-31-22(35)19(38-17-4-2-3-15(25)18(17)26)20(27)30-24(31)33-11-9-32(10-12-33)21(34)16(37-23(28)36)13-14-5-7-29-8-6-14/h2-8,16H,9-13,27H2,1H3,(H2,28,36)/t16-/m1/s1. The molecule has 3 heterocycles. The predicted octanol–water partition coefficient (Wildman–Crippen LogP) is 2.57. The molecule has 4 N–H and O–H groups in total. The first-order valence-corrected chi connectivity index (χ1v) is 13.1. The van der Waals surface area contributed by atoms with Gasteiger partial charge in [0.05, 0.1) is 10.0 Å². The van der Waals surface area contributed by atoms with E-state index in [0.717, 1.165) is 17.3 Å². The number of pyridine rings is 1. The average Bonchev–Trinajstić information content (AvgIpc) is 2.90. The molecule has 11 nitrogen and oxygen atoms in total. The average molecular weight is 578 g/mol. The number of carbonyl (C=O) groups excluding carboxylic acids is 2. The van der Waals surface area contributed by atoms with Crippen LogP contribution in [0.4, 0.5) is 16.6 Å². The fourth-order valence-corrected chi connectivity index (χ4v) is 5.43. The van der Waals surface area contributed by atoms with E-state index in [9.17, 15) is 14.4 Å². The molecule has 2 amide bonds. The Balaban J connectivity index is 1.47. The van der Waals surface area contributed by atoms with E-state index in [2.05, 4.69) is 9.97 Å². The zero-order valence-corrected chi connectivity index (χ0v) is 22.7. The number of primary amides is 1. The molecular formula is C24H25Cl2N7O4S. The Morgan fingerprint density at radius 3 is 2.47 bits per heavy atom. The molecule has 38 heavy (non-hydrogen) atoms. The summed E-state index contributed by atoms with van der Waals surface area (Å²) in [5.74, 6) is 0.0876. The summed E-state index contributed by atoms with van der Waals surface area (Å²) in [6.45, 7) is 1.41. The van der Waals surface area contributed by atoms with Crippen molar-refractivity contribution in [1.82, 2.24) is 19.4 Å². The fourth-order valence-electron chi connectivity index (χ4n) is 4.02. The first-order valence-electron chi connectivity index (χ1n) is 11.5. The number of hydrogen-bond acceptors (Lipinski definition) is 9. The molecule has 0 radical (unpaired) electrons. The summed E-state index contributed by atoms with van der Waals surface area (Å²) in [5.41, 5.74) is 11.9. The largest absolute Gasteiger partial charge is 0.436 e. The highest BCUT2D eigenvalue weighted by atomic mass is 35.5. The van der Waals surface area contributed by atoms with Crippen LogP contribution in [0.1, 0.15) is 5.56 Å². The third-order valence-corrected chi connectivity index (χ3v) is 8.04. The smallest absolute Gasteiger partial charge is 0.405 e. The van der Waals surface area contributed by atoms with Crippen LogP contribution >= 0.6 is 35.0 Å². The number of rotatable bonds is 7. The summed E-state index contributed by atoms with van der Waals surface area (Å²) in [5, 5.41) is 0.696. The van der Waals surface area contributed by atoms with Crippen molar-refractivity contribution in [1.29, 1.82) is 0 Å². The van der Waals surface area contributed by atoms with Crippen molar-refractivity contribution in [2.75, 3.05) is 36.8 Å². The number of piperazine rings is 1. The van der Waals surface area contributed by atoms with Crippen LogP contribution in [0.2, 0.25) is 10.0 Å². The maximum atomic E-state index is 13.2. The fraction of sp³-hybridized carbons (Fsp3) is 0.292. The minimum atomic E-state index is -1.06. The van der Waals surface area contributed by atoms with Crippen LogP contribution in [0.25, 0.3) is 0 Å². The van der Waals surface area contributed by atoms with Crippen LogP contribution in [0.5, 0.6) is 0 Å². The summed E-state index contributed by atoms with van der Waals surface area (Å²) in [4.78, 5) is 50.5.